The first-order valence-corrected chi connectivity index (χ1v) is 9.05. The molecule has 0 aliphatic heterocycles. The van der Waals surface area contributed by atoms with Crippen LogP contribution < -0.4 is 0 Å². The van der Waals surface area contributed by atoms with Crippen LogP contribution in [0.1, 0.15) is 48.5 Å². The van der Waals surface area contributed by atoms with Gasteiger partial charge in [-0.2, -0.15) is 0 Å². The monoisotopic (exact) mass is 376 g/mol. The van der Waals surface area contributed by atoms with Gasteiger partial charge in [-0.3, -0.25) is 4.79 Å². The normalized spacial score (nSPS) is 13.0. The Labute approximate surface area is 158 Å². The van der Waals surface area contributed by atoms with Gasteiger partial charge in [0.1, 0.15) is 0 Å². The summed E-state index contributed by atoms with van der Waals surface area (Å²) >= 11 is 5.96. The SMILES string of the molecule is CCCCC(=O)C(F)(CCOC(=O)c1ccccc1)c1cccc(Cl)c1. The van der Waals surface area contributed by atoms with Crippen molar-refractivity contribution in [2.24, 2.45) is 0 Å². The van der Waals surface area contributed by atoms with E-state index >= 15 is 4.39 Å². The second kappa shape index (κ2) is 9.48. The van der Waals surface area contributed by atoms with Gasteiger partial charge in [-0.05, 0) is 36.2 Å². The van der Waals surface area contributed by atoms with Crippen molar-refractivity contribution in [3.05, 3.63) is 70.7 Å². The fraction of sp³-hybridized carbons (Fsp3) is 0.333. The lowest BCUT2D eigenvalue weighted by atomic mass is 9.86. The Morgan fingerprint density at radius 2 is 1.85 bits per heavy atom. The second-order valence-electron chi connectivity index (χ2n) is 6.09. The zero-order valence-electron chi connectivity index (χ0n) is 14.7. The van der Waals surface area contributed by atoms with Gasteiger partial charge in [0.15, 0.2) is 11.5 Å². The average molecular weight is 377 g/mol. The van der Waals surface area contributed by atoms with Crippen LogP contribution in [0.2, 0.25) is 5.02 Å². The quantitative estimate of drug-likeness (QED) is 0.542. The largest absolute Gasteiger partial charge is 0.462 e. The predicted molar refractivity (Wildman–Crippen MR) is 100 cm³/mol. The number of halogens is 2. The number of rotatable bonds is 9. The van der Waals surface area contributed by atoms with E-state index in [1.165, 1.54) is 12.1 Å². The highest BCUT2D eigenvalue weighted by Crippen LogP contribution is 2.34. The molecule has 2 aromatic rings. The summed E-state index contributed by atoms with van der Waals surface area (Å²) in [4.78, 5) is 24.5. The Balaban J connectivity index is 2.11. The molecule has 0 radical (unpaired) electrons. The van der Waals surface area contributed by atoms with Gasteiger partial charge >= 0.3 is 5.97 Å². The maximum Gasteiger partial charge on any atom is 0.338 e. The lowest BCUT2D eigenvalue weighted by molar-refractivity contribution is -0.132. The van der Waals surface area contributed by atoms with E-state index in [-0.39, 0.29) is 25.0 Å². The van der Waals surface area contributed by atoms with Crippen LogP contribution in [-0.4, -0.2) is 18.4 Å². The Hall–Kier alpha value is -2.20. The average Bonchev–Trinajstić information content (AvgIpc) is 2.66. The van der Waals surface area contributed by atoms with Crippen molar-refractivity contribution in [2.45, 2.75) is 38.3 Å². The first-order chi connectivity index (χ1) is 12.5. The van der Waals surface area contributed by atoms with Gasteiger partial charge in [-0.15, -0.1) is 0 Å². The van der Waals surface area contributed by atoms with Crippen molar-refractivity contribution in [1.29, 1.82) is 0 Å². The van der Waals surface area contributed by atoms with E-state index in [0.29, 0.717) is 17.0 Å². The molecule has 0 bridgehead atoms. The van der Waals surface area contributed by atoms with Crippen molar-refractivity contribution in [3.8, 4) is 0 Å². The minimum atomic E-state index is -2.23. The van der Waals surface area contributed by atoms with Crippen molar-refractivity contribution >= 4 is 23.4 Å². The van der Waals surface area contributed by atoms with Crippen LogP contribution in [0.3, 0.4) is 0 Å². The first kappa shape index (κ1) is 20.1. The molecule has 0 aromatic heterocycles. The van der Waals surface area contributed by atoms with E-state index in [1.54, 1.807) is 42.5 Å². The summed E-state index contributed by atoms with van der Waals surface area (Å²) in [6.45, 7) is 1.74. The van der Waals surface area contributed by atoms with Gasteiger partial charge in [0.25, 0.3) is 0 Å². The van der Waals surface area contributed by atoms with E-state index in [9.17, 15) is 9.59 Å². The maximum atomic E-state index is 15.7. The third-order valence-electron chi connectivity index (χ3n) is 4.17. The highest BCUT2D eigenvalue weighted by molar-refractivity contribution is 6.30. The molecule has 0 spiro atoms. The molecule has 1 unspecified atom stereocenters. The molecule has 138 valence electrons. The molecular weight excluding hydrogens is 355 g/mol. The number of carbonyl (C=O) groups excluding carboxylic acids is 2. The number of esters is 1. The summed E-state index contributed by atoms with van der Waals surface area (Å²) in [6, 6.07) is 14.7. The number of hydrogen-bond acceptors (Lipinski definition) is 3. The van der Waals surface area contributed by atoms with E-state index in [2.05, 4.69) is 0 Å². The summed E-state index contributed by atoms with van der Waals surface area (Å²) < 4.78 is 20.8. The number of benzene rings is 2. The molecule has 0 heterocycles. The van der Waals surface area contributed by atoms with Crippen LogP contribution in [0, 0.1) is 0 Å². The van der Waals surface area contributed by atoms with Gasteiger partial charge in [-0.25, -0.2) is 9.18 Å². The minimum Gasteiger partial charge on any atom is -0.462 e. The topological polar surface area (TPSA) is 43.4 Å². The van der Waals surface area contributed by atoms with Gasteiger partial charge in [0, 0.05) is 17.9 Å². The number of hydrogen-bond donors (Lipinski definition) is 0. The highest BCUT2D eigenvalue weighted by atomic mass is 35.5. The summed E-state index contributed by atoms with van der Waals surface area (Å²) in [5.41, 5.74) is -1.64. The van der Waals surface area contributed by atoms with Gasteiger partial charge in [-0.1, -0.05) is 55.3 Å². The first-order valence-electron chi connectivity index (χ1n) is 8.68. The Bertz CT molecular complexity index is 748. The van der Waals surface area contributed by atoms with E-state index in [4.69, 9.17) is 16.3 Å². The fourth-order valence-electron chi connectivity index (χ4n) is 2.66. The molecule has 26 heavy (non-hydrogen) atoms. The summed E-state index contributed by atoms with van der Waals surface area (Å²) in [5.74, 6) is -1.06. The number of ether oxygens (including phenoxy) is 1. The van der Waals surface area contributed by atoms with Crippen molar-refractivity contribution in [1.82, 2.24) is 0 Å². The third kappa shape index (κ3) is 5.15. The molecule has 2 rings (SSSR count). The molecule has 0 N–H and O–H groups in total. The Morgan fingerprint density at radius 1 is 1.12 bits per heavy atom. The summed E-state index contributed by atoms with van der Waals surface area (Å²) in [6.07, 6.45) is 1.29. The molecule has 3 nitrogen and oxygen atoms in total. The van der Waals surface area contributed by atoms with Crippen molar-refractivity contribution in [3.63, 3.8) is 0 Å². The standard InChI is InChI=1S/C21H22ClFO3/c1-2-3-12-19(24)21(23,17-10-7-11-18(22)15-17)13-14-26-20(25)16-8-5-4-6-9-16/h4-11,15H,2-3,12-14H2,1H3. The highest BCUT2D eigenvalue weighted by Gasteiger charge is 2.39. The zero-order chi connectivity index (χ0) is 19.0. The van der Waals surface area contributed by atoms with Crippen molar-refractivity contribution in [2.75, 3.05) is 6.61 Å². The number of unbranched alkanes of at least 4 members (excludes halogenated alkanes) is 1. The van der Waals surface area contributed by atoms with Crippen LogP contribution in [0.5, 0.6) is 0 Å². The van der Waals surface area contributed by atoms with Crippen molar-refractivity contribution < 1.29 is 18.7 Å². The minimum absolute atomic E-state index is 0.131. The molecule has 0 aliphatic rings. The molecular formula is C21H22ClFO3. The lowest BCUT2D eigenvalue weighted by Crippen LogP contribution is -2.33. The maximum absolute atomic E-state index is 15.7. The third-order valence-corrected chi connectivity index (χ3v) is 4.41. The molecule has 0 amide bonds. The number of alkyl halides is 1. The van der Waals surface area contributed by atoms with Crippen LogP contribution in [0.15, 0.2) is 54.6 Å². The van der Waals surface area contributed by atoms with Crippen LogP contribution >= 0.6 is 11.6 Å². The molecule has 0 fully saturated rings. The van der Waals surface area contributed by atoms with Gasteiger partial charge in [0.05, 0.1) is 12.2 Å². The van der Waals surface area contributed by atoms with E-state index in [0.717, 1.165) is 6.42 Å². The molecule has 0 aliphatic carbocycles. The number of carbonyl (C=O) groups is 2. The van der Waals surface area contributed by atoms with Gasteiger partial charge < -0.3 is 4.74 Å². The molecule has 1 atom stereocenters. The Morgan fingerprint density at radius 3 is 2.50 bits per heavy atom. The Kier molecular flexibility index (Phi) is 7.34. The fourth-order valence-corrected chi connectivity index (χ4v) is 2.85. The number of ketones is 1. The van der Waals surface area contributed by atoms with Crippen LogP contribution in [0.25, 0.3) is 0 Å². The van der Waals surface area contributed by atoms with E-state index < -0.39 is 17.4 Å². The molecule has 2 aromatic carbocycles. The zero-order valence-corrected chi connectivity index (χ0v) is 15.5. The van der Waals surface area contributed by atoms with Crippen LogP contribution in [0.4, 0.5) is 4.39 Å². The smallest absolute Gasteiger partial charge is 0.338 e. The predicted octanol–water partition coefficient (Wildman–Crippen LogP) is 5.51. The van der Waals surface area contributed by atoms with Crippen LogP contribution in [-0.2, 0) is 15.2 Å². The summed E-state index contributed by atoms with van der Waals surface area (Å²) in [5, 5.41) is 0.356. The molecule has 5 heteroatoms. The lowest BCUT2D eigenvalue weighted by Gasteiger charge is -2.24. The molecule has 0 saturated carbocycles. The molecule has 0 saturated heterocycles. The number of Topliss-reactive ketones (excluding diaryl/α,β-unsaturated/α-hetero) is 1. The second-order valence-corrected chi connectivity index (χ2v) is 6.53. The summed E-state index contributed by atoms with van der Waals surface area (Å²) in [7, 11) is 0. The van der Waals surface area contributed by atoms with Gasteiger partial charge in [0.2, 0.25) is 0 Å². The van der Waals surface area contributed by atoms with E-state index in [1.807, 2.05) is 6.92 Å².